The summed E-state index contributed by atoms with van der Waals surface area (Å²) in [5.41, 5.74) is 0.125. The van der Waals surface area contributed by atoms with E-state index in [0.29, 0.717) is 19.3 Å². The Morgan fingerprint density at radius 2 is 2.21 bits per heavy atom. The summed E-state index contributed by atoms with van der Waals surface area (Å²) in [5.74, 6) is -0.302. The van der Waals surface area contributed by atoms with Gasteiger partial charge in [0.05, 0.1) is 12.5 Å². The number of benzene rings is 1. The van der Waals surface area contributed by atoms with Crippen LogP contribution in [0.4, 0.5) is 0 Å². The molecule has 19 heavy (non-hydrogen) atoms. The molecule has 0 saturated carbocycles. The molecule has 0 fully saturated rings. The molecule has 0 heterocycles. The first-order valence-electron chi connectivity index (χ1n) is 5.90. The van der Waals surface area contributed by atoms with E-state index < -0.39 is 5.41 Å². The molecule has 0 aromatic heterocycles. The Balaban J connectivity index is 2.92. The molecule has 4 nitrogen and oxygen atoms in total. The minimum absolute atomic E-state index is 0.0452. The number of esters is 1. The molecule has 0 amide bonds. The van der Waals surface area contributed by atoms with Gasteiger partial charge in [-0.1, -0.05) is 12.1 Å². The number of methoxy groups -OCH3 is 1. The van der Waals surface area contributed by atoms with Crippen molar-refractivity contribution in [1.29, 1.82) is 0 Å². The van der Waals surface area contributed by atoms with E-state index in [4.69, 9.17) is 9.47 Å². The lowest BCUT2D eigenvalue weighted by molar-refractivity contribution is -0.147. The van der Waals surface area contributed by atoms with Gasteiger partial charge in [0.15, 0.2) is 0 Å². The number of ether oxygens (including phenoxy) is 2. The summed E-state index contributed by atoms with van der Waals surface area (Å²) in [5, 5.41) is 0. The van der Waals surface area contributed by atoms with Gasteiger partial charge in [-0.25, -0.2) is 0 Å². The fraction of sp³-hybridized carbons (Fsp3) is 0.429. The lowest BCUT2D eigenvalue weighted by Gasteiger charge is -2.27. The van der Waals surface area contributed by atoms with E-state index in [0.717, 1.165) is 9.13 Å². The standard InChI is InChI=1S/C14H17IO4/c1-14(13(17)18-2,6-8-19-9-7-16)11-4-3-5-12(15)10-11/h3-5,7,10H,6,8-9H2,1-2H3. The van der Waals surface area contributed by atoms with Crippen molar-refractivity contribution in [3.8, 4) is 0 Å². The molecule has 1 unspecified atom stereocenters. The Bertz CT molecular complexity index is 447. The van der Waals surface area contributed by atoms with Crippen molar-refractivity contribution in [3.63, 3.8) is 0 Å². The molecule has 0 saturated heterocycles. The van der Waals surface area contributed by atoms with Crippen molar-refractivity contribution >= 4 is 34.8 Å². The second-order valence-electron chi connectivity index (χ2n) is 4.33. The maximum atomic E-state index is 12.1. The van der Waals surface area contributed by atoms with Crippen molar-refractivity contribution in [1.82, 2.24) is 0 Å². The number of carbonyl (C=O) groups excluding carboxylic acids is 2. The maximum absolute atomic E-state index is 12.1. The van der Waals surface area contributed by atoms with Gasteiger partial charge >= 0.3 is 5.97 Å². The molecule has 5 heteroatoms. The fourth-order valence-electron chi connectivity index (χ4n) is 1.83. The zero-order chi connectivity index (χ0) is 14.3. The van der Waals surface area contributed by atoms with Crippen molar-refractivity contribution < 1.29 is 19.1 Å². The smallest absolute Gasteiger partial charge is 0.316 e. The minimum atomic E-state index is -0.765. The minimum Gasteiger partial charge on any atom is -0.468 e. The highest BCUT2D eigenvalue weighted by Crippen LogP contribution is 2.30. The average molecular weight is 376 g/mol. The molecule has 104 valence electrons. The van der Waals surface area contributed by atoms with E-state index in [2.05, 4.69) is 22.6 Å². The van der Waals surface area contributed by atoms with E-state index >= 15 is 0 Å². The highest BCUT2D eigenvalue weighted by molar-refractivity contribution is 14.1. The van der Waals surface area contributed by atoms with Gasteiger partial charge in [-0.2, -0.15) is 0 Å². The van der Waals surface area contributed by atoms with Crippen LogP contribution in [0.1, 0.15) is 18.9 Å². The van der Waals surface area contributed by atoms with Gasteiger partial charge in [-0.15, -0.1) is 0 Å². The molecule has 0 bridgehead atoms. The number of aldehydes is 1. The van der Waals surface area contributed by atoms with Crippen LogP contribution < -0.4 is 0 Å². The number of rotatable bonds is 7. The van der Waals surface area contributed by atoms with Gasteiger partial charge < -0.3 is 14.3 Å². The third-order valence-corrected chi connectivity index (χ3v) is 3.70. The summed E-state index contributed by atoms with van der Waals surface area (Å²) in [4.78, 5) is 22.3. The van der Waals surface area contributed by atoms with Crippen LogP contribution in [0.5, 0.6) is 0 Å². The quantitative estimate of drug-likeness (QED) is 0.317. The SMILES string of the molecule is COC(=O)C(C)(CCOCC=O)c1cccc(I)c1. The average Bonchev–Trinajstić information content (AvgIpc) is 2.42. The van der Waals surface area contributed by atoms with Crippen LogP contribution in [-0.4, -0.2) is 32.6 Å². The van der Waals surface area contributed by atoms with Crippen LogP contribution >= 0.6 is 22.6 Å². The molecular weight excluding hydrogens is 359 g/mol. The molecule has 0 aliphatic heterocycles. The van der Waals surface area contributed by atoms with Crippen LogP contribution in [0.2, 0.25) is 0 Å². The molecule has 0 radical (unpaired) electrons. The van der Waals surface area contributed by atoms with E-state index in [1.54, 1.807) is 0 Å². The van der Waals surface area contributed by atoms with E-state index in [-0.39, 0.29) is 12.6 Å². The fourth-order valence-corrected chi connectivity index (χ4v) is 2.37. The number of carbonyl (C=O) groups is 2. The van der Waals surface area contributed by atoms with E-state index in [1.165, 1.54) is 7.11 Å². The zero-order valence-corrected chi connectivity index (χ0v) is 13.2. The van der Waals surface area contributed by atoms with Gasteiger partial charge in [0.1, 0.15) is 12.9 Å². The summed E-state index contributed by atoms with van der Waals surface area (Å²) < 4.78 is 11.1. The predicted octanol–water partition coefficient (Wildman–Crippen LogP) is 2.33. The first-order chi connectivity index (χ1) is 9.04. The lowest BCUT2D eigenvalue weighted by Crippen LogP contribution is -2.35. The molecule has 1 rings (SSSR count). The van der Waals surface area contributed by atoms with Gasteiger partial charge in [0.2, 0.25) is 0 Å². The summed E-state index contributed by atoms with van der Waals surface area (Å²) in [6, 6.07) is 7.73. The van der Waals surface area contributed by atoms with Crippen LogP contribution in [0.3, 0.4) is 0 Å². The first kappa shape index (κ1) is 16.1. The topological polar surface area (TPSA) is 52.6 Å². The first-order valence-corrected chi connectivity index (χ1v) is 6.98. The van der Waals surface area contributed by atoms with Crippen molar-refractivity contribution in [2.45, 2.75) is 18.8 Å². The molecule has 1 aromatic carbocycles. The highest BCUT2D eigenvalue weighted by atomic mass is 127. The largest absolute Gasteiger partial charge is 0.468 e. The summed E-state index contributed by atoms with van der Waals surface area (Å²) in [6.07, 6.45) is 1.16. The molecule has 0 N–H and O–H groups in total. The molecule has 1 atom stereocenters. The zero-order valence-electron chi connectivity index (χ0n) is 11.0. The third kappa shape index (κ3) is 4.28. The summed E-state index contributed by atoms with van der Waals surface area (Å²) in [6.45, 7) is 2.20. The number of halogens is 1. The Kier molecular flexibility index (Phi) is 6.44. The molecule has 0 aliphatic rings. The Morgan fingerprint density at radius 1 is 1.47 bits per heavy atom. The Morgan fingerprint density at radius 3 is 2.79 bits per heavy atom. The van der Waals surface area contributed by atoms with Crippen LogP contribution in [0.15, 0.2) is 24.3 Å². The molecular formula is C14H17IO4. The van der Waals surface area contributed by atoms with E-state index in [1.807, 2.05) is 31.2 Å². The number of hydrogen-bond donors (Lipinski definition) is 0. The maximum Gasteiger partial charge on any atom is 0.316 e. The van der Waals surface area contributed by atoms with Crippen LogP contribution in [-0.2, 0) is 24.5 Å². The summed E-state index contributed by atoms with van der Waals surface area (Å²) >= 11 is 2.20. The highest BCUT2D eigenvalue weighted by Gasteiger charge is 2.36. The molecule has 0 spiro atoms. The second-order valence-corrected chi connectivity index (χ2v) is 5.57. The third-order valence-electron chi connectivity index (χ3n) is 3.03. The van der Waals surface area contributed by atoms with Gasteiger partial charge in [0, 0.05) is 10.2 Å². The van der Waals surface area contributed by atoms with Crippen molar-refractivity contribution in [2.75, 3.05) is 20.3 Å². The monoisotopic (exact) mass is 376 g/mol. The van der Waals surface area contributed by atoms with Crippen molar-refractivity contribution in [3.05, 3.63) is 33.4 Å². The molecule has 1 aromatic rings. The van der Waals surface area contributed by atoms with Crippen LogP contribution in [0, 0.1) is 3.57 Å². The van der Waals surface area contributed by atoms with Crippen LogP contribution in [0.25, 0.3) is 0 Å². The summed E-state index contributed by atoms with van der Waals surface area (Å²) in [7, 11) is 1.38. The number of hydrogen-bond acceptors (Lipinski definition) is 4. The normalized spacial score (nSPS) is 13.6. The predicted molar refractivity (Wildman–Crippen MR) is 80.0 cm³/mol. The van der Waals surface area contributed by atoms with E-state index in [9.17, 15) is 9.59 Å². The molecule has 0 aliphatic carbocycles. The Labute approximate surface area is 126 Å². The van der Waals surface area contributed by atoms with Gasteiger partial charge in [0.25, 0.3) is 0 Å². The Hall–Kier alpha value is -0.950. The second kappa shape index (κ2) is 7.59. The lowest BCUT2D eigenvalue weighted by atomic mass is 9.80. The van der Waals surface area contributed by atoms with Gasteiger partial charge in [-0.3, -0.25) is 4.79 Å². The van der Waals surface area contributed by atoms with Gasteiger partial charge in [-0.05, 0) is 53.6 Å². The van der Waals surface area contributed by atoms with Crippen molar-refractivity contribution in [2.24, 2.45) is 0 Å².